The van der Waals surface area contributed by atoms with Gasteiger partial charge in [0.25, 0.3) is 0 Å². The zero-order valence-electron chi connectivity index (χ0n) is 13.3. The van der Waals surface area contributed by atoms with Crippen LogP contribution < -0.4 is 10.1 Å². The highest BCUT2D eigenvalue weighted by Crippen LogP contribution is 2.32. The third-order valence-electron chi connectivity index (χ3n) is 4.11. The van der Waals surface area contributed by atoms with Crippen LogP contribution in [0.25, 0.3) is 10.8 Å². The van der Waals surface area contributed by atoms with Crippen LogP contribution in [0.1, 0.15) is 12.8 Å². The van der Waals surface area contributed by atoms with Crippen molar-refractivity contribution in [2.45, 2.75) is 18.1 Å². The van der Waals surface area contributed by atoms with Gasteiger partial charge in [-0.1, -0.05) is 24.3 Å². The molecule has 25 heavy (non-hydrogen) atoms. The van der Waals surface area contributed by atoms with E-state index < -0.39 is 33.6 Å². The molecule has 0 aliphatic carbocycles. The van der Waals surface area contributed by atoms with Gasteiger partial charge < -0.3 is 15.2 Å². The summed E-state index contributed by atoms with van der Waals surface area (Å²) in [6.07, 6.45) is 0.815. The molecule has 8 heteroatoms. The molecule has 0 aromatic heterocycles. The Morgan fingerprint density at radius 1 is 1.16 bits per heavy atom. The lowest BCUT2D eigenvalue weighted by Gasteiger charge is -2.14. The van der Waals surface area contributed by atoms with Crippen molar-refractivity contribution in [2.24, 2.45) is 0 Å². The quantitative estimate of drug-likeness (QED) is 0.838. The van der Waals surface area contributed by atoms with Crippen molar-refractivity contribution in [3.8, 4) is 5.75 Å². The molecule has 132 valence electrons. The molecule has 1 heterocycles. The third-order valence-corrected chi connectivity index (χ3v) is 6.29. The lowest BCUT2D eigenvalue weighted by molar-refractivity contribution is -0.139. The van der Waals surface area contributed by atoms with Gasteiger partial charge in [0, 0.05) is 16.5 Å². The van der Waals surface area contributed by atoms with E-state index in [-0.39, 0.29) is 5.75 Å². The first-order valence-corrected chi connectivity index (χ1v) is 9.49. The number of benzene rings is 2. The molecule has 3 rings (SSSR count). The number of carbonyl (C=O) groups excluding carboxylic acids is 1. The summed E-state index contributed by atoms with van der Waals surface area (Å²) in [5.41, 5.74) is 0.463. The number of rotatable bonds is 5. The number of carbonyl (C=O) groups is 2. The second-order valence-corrected chi connectivity index (χ2v) is 8.13. The zero-order valence-corrected chi connectivity index (χ0v) is 14.1. The number of fused-ring (bicyclic) bond motifs is 1. The Morgan fingerprint density at radius 2 is 1.88 bits per heavy atom. The van der Waals surface area contributed by atoms with Crippen LogP contribution in [0.4, 0.5) is 5.69 Å². The van der Waals surface area contributed by atoms with Crippen LogP contribution in [-0.4, -0.2) is 43.0 Å². The van der Waals surface area contributed by atoms with Crippen molar-refractivity contribution >= 4 is 38.2 Å². The predicted molar refractivity (Wildman–Crippen MR) is 92.5 cm³/mol. The van der Waals surface area contributed by atoms with E-state index in [0.717, 1.165) is 0 Å². The number of nitrogens with one attached hydrogen (secondary N) is 1. The van der Waals surface area contributed by atoms with E-state index in [0.29, 0.717) is 35.1 Å². The van der Waals surface area contributed by atoms with Gasteiger partial charge in [-0.15, -0.1) is 0 Å². The van der Waals surface area contributed by atoms with E-state index in [1.807, 2.05) is 0 Å². The van der Waals surface area contributed by atoms with E-state index in [2.05, 4.69) is 5.32 Å². The molecule has 0 saturated carbocycles. The number of hydrogen-bond donors (Lipinski definition) is 2. The van der Waals surface area contributed by atoms with Crippen LogP contribution in [0, 0.1) is 0 Å². The average Bonchev–Trinajstić information content (AvgIpc) is 2.93. The summed E-state index contributed by atoms with van der Waals surface area (Å²) < 4.78 is 29.1. The molecule has 2 aromatic carbocycles. The van der Waals surface area contributed by atoms with E-state index >= 15 is 0 Å². The Kier molecular flexibility index (Phi) is 4.63. The van der Waals surface area contributed by atoms with Crippen molar-refractivity contribution in [3.05, 3.63) is 36.4 Å². The van der Waals surface area contributed by atoms with Crippen LogP contribution in [0.5, 0.6) is 5.75 Å². The van der Waals surface area contributed by atoms with E-state index in [1.54, 1.807) is 36.4 Å². The largest absolute Gasteiger partial charge is 0.481 e. The maximum atomic E-state index is 12.4. The molecule has 1 atom stereocenters. The van der Waals surface area contributed by atoms with Crippen molar-refractivity contribution in [1.82, 2.24) is 0 Å². The minimum atomic E-state index is -3.39. The van der Waals surface area contributed by atoms with Gasteiger partial charge in [0.05, 0.1) is 5.75 Å². The summed E-state index contributed by atoms with van der Waals surface area (Å²) in [7, 11) is -3.39. The van der Waals surface area contributed by atoms with Crippen LogP contribution in [-0.2, 0) is 19.4 Å². The normalized spacial score (nSPS) is 18.8. The van der Waals surface area contributed by atoms with Crippen molar-refractivity contribution in [1.29, 1.82) is 0 Å². The Morgan fingerprint density at radius 3 is 2.52 bits per heavy atom. The van der Waals surface area contributed by atoms with Gasteiger partial charge in [-0.3, -0.25) is 4.79 Å². The van der Waals surface area contributed by atoms with Gasteiger partial charge in [0.15, 0.2) is 16.4 Å². The Bertz CT molecular complexity index is 937. The van der Waals surface area contributed by atoms with Crippen LogP contribution in [0.2, 0.25) is 0 Å². The van der Waals surface area contributed by atoms with Crippen LogP contribution in [0.15, 0.2) is 36.4 Å². The minimum absolute atomic E-state index is 0.0355. The molecule has 7 nitrogen and oxygen atoms in total. The van der Waals surface area contributed by atoms with Gasteiger partial charge in [-0.05, 0) is 25.0 Å². The molecular weight excluding hydrogens is 346 g/mol. The monoisotopic (exact) mass is 363 g/mol. The average molecular weight is 363 g/mol. The van der Waals surface area contributed by atoms with E-state index in [4.69, 9.17) is 9.84 Å². The second kappa shape index (κ2) is 6.72. The Labute approximate surface area is 144 Å². The summed E-state index contributed by atoms with van der Waals surface area (Å²) in [6.45, 7) is -0.476. The Balaban J connectivity index is 1.91. The Hall–Kier alpha value is -2.61. The molecule has 1 aliphatic rings. The van der Waals surface area contributed by atoms with Gasteiger partial charge >= 0.3 is 5.97 Å². The maximum Gasteiger partial charge on any atom is 0.341 e. The molecule has 1 fully saturated rings. The summed E-state index contributed by atoms with van der Waals surface area (Å²) in [5, 5.41) is 11.7. The molecule has 1 unspecified atom stereocenters. The fourth-order valence-corrected chi connectivity index (χ4v) is 4.71. The standard InChI is InChI=1S/C17H17NO6S/c19-16(20)10-24-14-8-7-13(11-4-1-2-5-12(11)14)18-17(21)15-6-3-9-25(15,22)23/h1-2,4-5,7-8,15H,3,6,9-10H2,(H,18,21)(H,19,20). The van der Waals surface area contributed by atoms with Crippen molar-refractivity contribution in [2.75, 3.05) is 17.7 Å². The molecular formula is C17H17NO6S. The fraction of sp³-hybridized carbons (Fsp3) is 0.294. The predicted octanol–water partition coefficient (Wildman–Crippen LogP) is 1.82. The highest BCUT2D eigenvalue weighted by molar-refractivity contribution is 7.93. The zero-order chi connectivity index (χ0) is 18.0. The topological polar surface area (TPSA) is 110 Å². The smallest absolute Gasteiger partial charge is 0.341 e. The summed E-state index contributed by atoms with van der Waals surface area (Å²) >= 11 is 0. The van der Waals surface area contributed by atoms with Crippen LogP contribution >= 0.6 is 0 Å². The molecule has 2 N–H and O–H groups in total. The first-order valence-electron chi connectivity index (χ1n) is 7.77. The second-order valence-electron chi connectivity index (χ2n) is 5.83. The van der Waals surface area contributed by atoms with Crippen molar-refractivity contribution < 1.29 is 27.9 Å². The lowest BCUT2D eigenvalue weighted by atomic mass is 10.1. The number of sulfone groups is 1. The SMILES string of the molecule is O=C(O)COc1ccc(NC(=O)C2CCCS2(=O)=O)c2ccccc12. The molecule has 1 aliphatic heterocycles. The van der Waals surface area contributed by atoms with Gasteiger partial charge in [-0.2, -0.15) is 0 Å². The van der Waals surface area contributed by atoms with Crippen molar-refractivity contribution in [3.63, 3.8) is 0 Å². The highest BCUT2D eigenvalue weighted by Gasteiger charge is 2.37. The fourth-order valence-electron chi connectivity index (χ4n) is 2.94. The van der Waals surface area contributed by atoms with Crippen LogP contribution in [0.3, 0.4) is 0 Å². The van der Waals surface area contributed by atoms with Gasteiger partial charge in [0.2, 0.25) is 5.91 Å². The number of ether oxygens (including phenoxy) is 1. The molecule has 1 amide bonds. The highest BCUT2D eigenvalue weighted by atomic mass is 32.2. The molecule has 0 bridgehead atoms. The molecule has 0 spiro atoms. The van der Waals surface area contributed by atoms with E-state index in [1.165, 1.54) is 0 Å². The number of hydrogen-bond acceptors (Lipinski definition) is 5. The molecule has 1 saturated heterocycles. The summed E-state index contributed by atoms with van der Waals surface area (Å²) in [5.74, 6) is -1.22. The number of carboxylic acids is 1. The molecule has 0 radical (unpaired) electrons. The summed E-state index contributed by atoms with van der Waals surface area (Å²) in [6, 6.07) is 10.2. The summed E-state index contributed by atoms with van der Waals surface area (Å²) in [4.78, 5) is 23.1. The lowest BCUT2D eigenvalue weighted by Crippen LogP contribution is -2.31. The first kappa shape index (κ1) is 17.2. The number of carboxylic acid groups (broad SMARTS) is 1. The van der Waals surface area contributed by atoms with Gasteiger partial charge in [-0.25, -0.2) is 13.2 Å². The minimum Gasteiger partial charge on any atom is -0.481 e. The molecule has 2 aromatic rings. The number of anilines is 1. The number of amides is 1. The van der Waals surface area contributed by atoms with Gasteiger partial charge in [0.1, 0.15) is 11.0 Å². The van der Waals surface area contributed by atoms with E-state index in [9.17, 15) is 18.0 Å². The maximum absolute atomic E-state index is 12.4. The number of aliphatic carboxylic acids is 1. The third kappa shape index (κ3) is 3.58. The first-order chi connectivity index (χ1) is 11.9.